The summed E-state index contributed by atoms with van der Waals surface area (Å²) in [4.78, 5) is 11.5. The molecule has 128 valence electrons. The zero-order chi connectivity index (χ0) is 17.7. The summed E-state index contributed by atoms with van der Waals surface area (Å²) in [5, 5.41) is 10.5. The molecule has 2 aromatic rings. The van der Waals surface area contributed by atoms with Crippen LogP contribution >= 0.6 is 58.6 Å². The smallest absolute Gasteiger partial charge is 0.236 e. The highest BCUT2D eigenvalue weighted by atomic mass is 35.6. The number of amides is 1. The van der Waals surface area contributed by atoms with Crippen LogP contribution in [0.1, 0.15) is 0 Å². The third kappa shape index (κ3) is 5.26. The lowest BCUT2D eigenvalue weighted by Crippen LogP contribution is -2.56. The number of halogens is 4. The Balaban J connectivity index is 2.14. The van der Waals surface area contributed by atoms with E-state index in [0.29, 0.717) is 0 Å². The first-order valence-corrected chi connectivity index (χ1v) is 8.86. The Kier molecular flexibility index (Phi) is 6.78. The minimum atomic E-state index is -1.81. The first kappa shape index (κ1) is 19.3. The van der Waals surface area contributed by atoms with E-state index in [0.717, 1.165) is 16.5 Å². The molecule has 0 saturated carbocycles. The quantitative estimate of drug-likeness (QED) is 0.391. The van der Waals surface area contributed by atoms with E-state index in [1.54, 1.807) is 0 Å². The number of anilines is 1. The fraction of sp³-hybridized carbons (Fsp3) is 0.200. The molecule has 0 aromatic heterocycles. The van der Waals surface area contributed by atoms with Gasteiger partial charge < -0.3 is 16.0 Å². The zero-order valence-corrected chi connectivity index (χ0v) is 16.0. The molecule has 0 heterocycles. The van der Waals surface area contributed by atoms with Gasteiger partial charge in [0.05, 0.1) is 0 Å². The van der Waals surface area contributed by atoms with E-state index in [4.69, 9.17) is 58.6 Å². The number of benzene rings is 2. The van der Waals surface area contributed by atoms with Crippen LogP contribution in [0.4, 0.5) is 5.69 Å². The van der Waals surface area contributed by atoms with Gasteiger partial charge in [-0.2, -0.15) is 0 Å². The molecule has 9 heteroatoms. The normalized spacial score (nSPS) is 12.5. The first-order chi connectivity index (χ1) is 11.3. The predicted octanol–water partition coefficient (Wildman–Crippen LogP) is 4.18. The van der Waals surface area contributed by atoms with Crippen LogP contribution in [-0.2, 0) is 4.79 Å². The van der Waals surface area contributed by atoms with Crippen molar-refractivity contribution in [1.82, 2.24) is 10.6 Å². The Morgan fingerprint density at radius 2 is 1.75 bits per heavy atom. The molecule has 0 fully saturated rings. The van der Waals surface area contributed by atoms with Gasteiger partial charge >= 0.3 is 0 Å². The maximum atomic E-state index is 11.5. The van der Waals surface area contributed by atoms with Crippen molar-refractivity contribution < 1.29 is 4.79 Å². The zero-order valence-electron chi connectivity index (χ0n) is 12.2. The maximum Gasteiger partial charge on any atom is 0.236 e. The molecule has 0 radical (unpaired) electrons. The molecule has 0 aliphatic carbocycles. The lowest BCUT2D eigenvalue weighted by Gasteiger charge is -2.27. The summed E-state index contributed by atoms with van der Waals surface area (Å²) in [6.45, 7) is 0. The van der Waals surface area contributed by atoms with Crippen LogP contribution in [0, 0.1) is 0 Å². The molecule has 24 heavy (non-hydrogen) atoms. The van der Waals surface area contributed by atoms with E-state index in [-0.39, 0.29) is 11.0 Å². The number of nitrogens with one attached hydrogen (secondary N) is 3. The number of hydrogen-bond donors (Lipinski definition) is 3. The van der Waals surface area contributed by atoms with E-state index in [1.165, 1.54) is 0 Å². The molecule has 1 unspecified atom stereocenters. The Bertz CT molecular complexity index is 746. The van der Waals surface area contributed by atoms with Crippen molar-refractivity contribution in [3.63, 3.8) is 0 Å². The highest BCUT2D eigenvalue weighted by Crippen LogP contribution is 2.29. The molecular weight excluding hydrogens is 412 g/mol. The summed E-state index contributed by atoms with van der Waals surface area (Å²) in [6, 6.07) is 13.6. The summed E-state index contributed by atoms with van der Waals surface area (Å²) in [7, 11) is 0. The topological polar surface area (TPSA) is 53.2 Å². The number of carbonyl (C=O) groups is 1. The Morgan fingerprint density at radius 1 is 1.08 bits per heavy atom. The second kappa shape index (κ2) is 8.41. The summed E-state index contributed by atoms with van der Waals surface area (Å²) in [5.41, 5.74) is 0.789. The van der Waals surface area contributed by atoms with Gasteiger partial charge in [-0.05, 0) is 23.7 Å². The van der Waals surface area contributed by atoms with E-state index in [9.17, 15) is 4.79 Å². The monoisotopic (exact) mass is 423 g/mol. The average molecular weight is 425 g/mol. The number of hydrogen-bond acceptors (Lipinski definition) is 2. The lowest BCUT2D eigenvalue weighted by atomic mass is 10.1. The van der Waals surface area contributed by atoms with Gasteiger partial charge in [0.1, 0.15) is 12.0 Å². The van der Waals surface area contributed by atoms with Gasteiger partial charge in [0.25, 0.3) is 0 Å². The van der Waals surface area contributed by atoms with Crippen LogP contribution in [-0.4, -0.2) is 26.9 Å². The number of rotatable bonds is 4. The molecule has 0 bridgehead atoms. The minimum Gasteiger partial charge on any atom is -0.339 e. The molecule has 1 amide bonds. The van der Waals surface area contributed by atoms with E-state index in [2.05, 4.69) is 16.0 Å². The molecule has 0 spiro atoms. The molecule has 0 aliphatic heterocycles. The highest BCUT2D eigenvalue weighted by Gasteiger charge is 2.34. The van der Waals surface area contributed by atoms with Crippen LogP contribution in [0.5, 0.6) is 0 Å². The van der Waals surface area contributed by atoms with Crippen LogP contribution in [0.3, 0.4) is 0 Å². The largest absolute Gasteiger partial charge is 0.339 e. The van der Waals surface area contributed by atoms with Gasteiger partial charge in [-0.25, -0.2) is 0 Å². The third-order valence-electron chi connectivity index (χ3n) is 3.07. The van der Waals surface area contributed by atoms with Gasteiger partial charge in [0.2, 0.25) is 9.70 Å². The molecule has 2 aromatic carbocycles. The maximum absolute atomic E-state index is 11.5. The Morgan fingerprint density at radius 3 is 2.42 bits per heavy atom. The minimum absolute atomic E-state index is 0.192. The number of carbonyl (C=O) groups excluding carboxylic acids is 1. The van der Waals surface area contributed by atoms with Gasteiger partial charge in [0.15, 0.2) is 5.11 Å². The van der Waals surface area contributed by atoms with Crippen molar-refractivity contribution >= 4 is 86.1 Å². The number of thiocarbonyl (C=S) groups is 1. The summed E-state index contributed by atoms with van der Waals surface area (Å²) in [5.74, 6) is -0.754. The van der Waals surface area contributed by atoms with Crippen LogP contribution in [0.25, 0.3) is 10.8 Å². The van der Waals surface area contributed by atoms with Crippen molar-refractivity contribution in [2.75, 3.05) is 11.2 Å². The predicted molar refractivity (Wildman–Crippen MR) is 106 cm³/mol. The average Bonchev–Trinajstić information content (AvgIpc) is 2.53. The number of alkyl halides is 4. The number of fused-ring (bicyclic) bond motifs is 1. The van der Waals surface area contributed by atoms with Crippen molar-refractivity contribution in [2.24, 2.45) is 0 Å². The molecule has 4 nitrogen and oxygen atoms in total. The molecule has 3 N–H and O–H groups in total. The summed E-state index contributed by atoms with van der Waals surface area (Å²) < 4.78 is -1.81. The fourth-order valence-corrected chi connectivity index (χ4v) is 2.66. The molecule has 0 aliphatic rings. The molecular formula is C15H13Cl4N3OS. The molecule has 1 atom stereocenters. The van der Waals surface area contributed by atoms with Crippen molar-refractivity contribution in [3.05, 3.63) is 42.5 Å². The summed E-state index contributed by atoms with van der Waals surface area (Å²) >= 11 is 28.3. The van der Waals surface area contributed by atoms with Gasteiger partial charge in [-0.15, -0.1) is 11.6 Å². The van der Waals surface area contributed by atoms with E-state index in [1.807, 2.05) is 42.5 Å². The second-order valence-electron chi connectivity index (χ2n) is 4.80. The van der Waals surface area contributed by atoms with Crippen LogP contribution < -0.4 is 16.0 Å². The third-order valence-corrected chi connectivity index (χ3v) is 4.18. The Labute approximate surface area is 164 Å². The van der Waals surface area contributed by atoms with Crippen LogP contribution in [0.2, 0.25) is 0 Å². The fourth-order valence-electron chi connectivity index (χ4n) is 2.02. The molecule has 2 rings (SSSR count). The first-order valence-electron chi connectivity index (χ1n) is 6.78. The van der Waals surface area contributed by atoms with Gasteiger partial charge in [-0.1, -0.05) is 71.2 Å². The standard InChI is InChI=1S/C15H13Cl4N3OS/c16-8-12(23)21-13(15(17,18)19)22-14(24)20-11-7-3-5-9-4-1-2-6-10(9)11/h1-7,13H,8H2,(H,21,23)(H2,20,22,24). The highest BCUT2D eigenvalue weighted by molar-refractivity contribution is 7.80. The van der Waals surface area contributed by atoms with E-state index >= 15 is 0 Å². The van der Waals surface area contributed by atoms with Crippen molar-refractivity contribution in [1.29, 1.82) is 0 Å². The summed E-state index contributed by atoms with van der Waals surface area (Å²) in [6.07, 6.45) is -1.04. The molecule has 0 saturated heterocycles. The Hall–Kier alpha value is -0.980. The van der Waals surface area contributed by atoms with Crippen molar-refractivity contribution in [2.45, 2.75) is 9.96 Å². The SMILES string of the molecule is O=C(CCl)NC(NC(=S)Nc1cccc2ccccc12)C(Cl)(Cl)Cl. The van der Waals surface area contributed by atoms with Gasteiger partial charge in [-0.3, -0.25) is 4.79 Å². The van der Waals surface area contributed by atoms with E-state index < -0.39 is 15.9 Å². The second-order valence-corrected chi connectivity index (χ2v) is 7.85. The van der Waals surface area contributed by atoms with Crippen LogP contribution in [0.15, 0.2) is 42.5 Å². The van der Waals surface area contributed by atoms with Crippen molar-refractivity contribution in [3.8, 4) is 0 Å². The lowest BCUT2D eigenvalue weighted by molar-refractivity contribution is -0.119. The van der Waals surface area contributed by atoms with Gasteiger partial charge in [0, 0.05) is 11.1 Å².